The molecule has 0 radical (unpaired) electrons. The van der Waals surface area contributed by atoms with Crippen LogP contribution < -0.4 is 5.56 Å². The fraction of sp³-hybridized carbons (Fsp3) is 0.250. The summed E-state index contributed by atoms with van der Waals surface area (Å²) in [6, 6.07) is 7.94. The van der Waals surface area contributed by atoms with Crippen LogP contribution in [0.25, 0.3) is 21.5 Å². The molecule has 28 heavy (non-hydrogen) atoms. The van der Waals surface area contributed by atoms with Gasteiger partial charge in [0.2, 0.25) is 5.89 Å². The van der Waals surface area contributed by atoms with Crippen LogP contribution in [0.4, 0.5) is 0 Å². The number of fused-ring (bicyclic) bond motifs is 1. The van der Waals surface area contributed by atoms with Crippen LogP contribution in [-0.2, 0) is 19.5 Å². The van der Waals surface area contributed by atoms with E-state index < -0.39 is 0 Å². The lowest BCUT2D eigenvalue weighted by atomic mass is 10.1. The molecule has 1 N–H and O–H groups in total. The van der Waals surface area contributed by atoms with Gasteiger partial charge in [0, 0.05) is 26.1 Å². The number of aromatic amines is 1. The van der Waals surface area contributed by atoms with Crippen molar-refractivity contribution in [3.63, 3.8) is 0 Å². The molecule has 0 aliphatic carbocycles. The minimum absolute atomic E-state index is 0.0470. The first-order valence-electron chi connectivity index (χ1n) is 9.06. The van der Waals surface area contributed by atoms with Crippen molar-refractivity contribution in [3.05, 3.63) is 68.1 Å². The van der Waals surface area contributed by atoms with E-state index in [-0.39, 0.29) is 5.56 Å². The molecule has 0 amide bonds. The smallest absolute Gasteiger partial charge is 0.255 e. The average molecular weight is 411 g/mol. The second kappa shape index (κ2) is 7.12. The Kier molecular flexibility index (Phi) is 4.46. The summed E-state index contributed by atoms with van der Waals surface area (Å²) < 4.78 is 5.84. The standard InChI is InChI=1S/C20H18N4O2S2/c1-12-15(22-20(26-12)17-5-3-9-28-17)11-24-7-6-14-13(10-24)19(25)23-18(21-14)16-4-2-8-27-16/h2-5,8-9H,6-7,10-11H2,1H3,(H,21,23,25). The number of aryl methyl sites for hydroxylation is 1. The number of aromatic nitrogens is 3. The number of H-pyrrole nitrogens is 1. The van der Waals surface area contributed by atoms with Crippen molar-refractivity contribution in [2.45, 2.75) is 26.4 Å². The third kappa shape index (κ3) is 3.23. The topological polar surface area (TPSA) is 75.0 Å². The Labute approximate surface area is 169 Å². The summed E-state index contributed by atoms with van der Waals surface area (Å²) in [5.41, 5.74) is 2.53. The van der Waals surface area contributed by atoms with E-state index in [1.54, 1.807) is 22.7 Å². The molecule has 0 saturated carbocycles. The fourth-order valence-corrected chi connectivity index (χ4v) is 4.76. The molecular formula is C20H18N4O2S2. The Hall–Kier alpha value is -2.55. The van der Waals surface area contributed by atoms with Crippen LogP contribution in [0.15, 0.2) is 44.2 Å². The number of nitrogens with zero attached hydrogens (tertiary/aromatic N) is 3. The number of rotatable bonds is 4. The van der Waals surface area contributed by atoms with E-state index in [1.165, 1.54) is 0 Å². The lowest BCUT2D eigenvalue weighted by molar-refractivity contribution is 0.238. The summed E-state index contributed by atoms with van der Waals surface area (Å²) in [7, 11) is 0. The zero-order valence-corrected chi connectivity index (χ0v) is 16.9. The maximum Gasteiger partial charge on any atom is 0.255 e. The van der Waals surface area contributed by atoms with Gasteiger partial charge in [0.1, 0.15) is 5.76 Å². The van der Waals surface area contributed by atoms with Gasteiger partial charge >= 0.3 is 0 Å². The number of nitrogens with one attached hydrogen (secondary N) is 1. The number of oxazole rings is 1. The molecular weight excluding hydrogens is 392 g/mol. The molecule has 0 bridgehead atoms. The van der Waals surface area contributed by atoms with E-state index in [4.69, 9.17) is 9.40 Å². The molecule has 8 heteroatoms. The highest BCUT2D eigenvalue weighted by Gasteiger charge is 2.23. The molecule has 1 aliphatic heterocycles. The predicted molar refractivity (Wildman–Crippen MR) is 111 cm³/mol. The molecule has 6 nitrogen and oxygen atoms in total. The lowest BCUT2D eigenvalue weighted by Crippen LogP contribution is -2.35. The van der Waals surface area contributed by atoms with Crippen LogP contribution in [0.5, 0.6) is 0 Å². The van der Waals surface area contributed by atoms with Crippen LogP contribution in [0.3, 0.4) is 0 Å². The van der Waals surface area contributed by atoms with Crippen LogP contribution in [0, 0.1) is 6.92 Å². The first-order chi connectivity index (χ1) is 13.7. The Morgan fingerprint density at radius 3 is 2.71 bits per heavy atom. The van der Waals surface area contributed by atoms with Gasteiger partial charge in [-0.25, -0.2) is 9.97 Å². The molecule has 0 atom stereocenters. The first-order valence-corrected chi connectivity index (χ1v) is 10.8. The summed E-state index contributed by atoms with van der Waals surface area (Å²) in [5, 5.41) is 4.00. The molecule has 0 aromatic carbocycles. The Balaban J connectivity index is 1.37. The third-order valence-electron chi connectivity index (χ3n) is 4.90. The summed E-state index contributed by atoms with van der Waals surface area (Å²) in [5.74, 6) is 2.16. The van der Waals surface area contributed by atoms with Crippen LogP contribution >= 0.6 is 22.7 Å². The Morgan fingerprint density at radius 1 is 1.18 bits per heavy atom. The largest absolute Gasteiger partial charge is 0.440 e. The number of hydrogen-bond donors (Lipinski definition) is 1. The predicted octanol–water partition coefficient (Wildman–Crippen LogP) is 4.08. The van der Waals surface area contributed by atoms with E-state index in [2.05, 4.69) is 14.9 Å². The van der Waals surface area contributed by atoms with Gasteiger partial charge in [0.25, 0.3) is 5.56 Å². The molecule has 142 valence electrons. The summed E-state index contributed by atoms with van der Waals surface area (Å²) in [6.45, 7) is 4.02. The molecule has 0 fully saturated rings. The zero-order chi connectivity index (χ0) is 19.1. The second-order valence-electron chi connectivity index (χ2n) is 6.78. The molecule has 5 heterocycles. The number of hydrogen-bond acceptors (Lipinski definition) is 7. The van der Waals surface area contributed by atoms with Gasteiger partial charge in [-0.15, -0.1) is 22.7 Å². The zero-order valence-electron chi connectivity index (χ0n) is 15.3. The van der Waals surface area contributed by atoms with Crippen molar-refractivity contribution in [1.82, 2.24) is 19.9 Å². The van der Waals surface area contributed by atoms with Crippen molar-refractivity contribution in [2.24, 2.45) is 0 Å². The lowest BCUT2D eigenvalue weighted by Gasteiger charge is -2.27. The molecule has 1 aliphatic rings. The van der Waals surface area contributed by atoms with E-state index in [0.717, 1.165) is 45.4 Å². The van der Waals surface area contributed by atoms with E-state index in [1.807, 2.05) is 41.9 Å². The molecule has 4 aromatic heterocycles. The van der Waals surface area contributed by atoms with Crippen molar-refractivity contribution >= 4 is 22.7 Å². The van der Waals surface area contributed by atoms with E-state index in [9.17, 15) is 4.79 Å². The maximum atomic E-state index is 12.7. The SMILES string of the molecule is Cc1oc(-c2cccs2)nc1CN1CCc2nc(-c3cccs3)[nH]c(=O)c2C1. The normalized spacial score (nSPS) is 14.3. The van der Waals surface area contributed by atoms with Gasteiger partial charge < -0.3 is 9.40 Å². The van der Waals surface area contributed by atoms with E-state index in [0.29, 0.717) is 24.8 Å². The molecule has 0 saturated heterocycles. The average Bonchev–Trinajstić information content (AvgIpc) is 3.45. The van der Waals surface area contributed by atoms with Gasteiger partial charge in [-0.05, 0) is 29.8 Å². The summed E-state index contributed by atoms with van der Waals surface area (Å²) in [6.07, 6.45) is 0.756. The summed E-state index contributed by atoms with van der Waals surface area (Å²) in [4.78, 5) is 29.2. The van der Waals surface area contributed by atoms with Crippen LogP contribution in [0.2, 0.25) is 0 Å². The molecule has 0 unspecified atom stereocenters. The van der Waals surface area contributed by atoms with Crippen LogP contribution in [-0.4, -0.2) is 26.4 Å². The van der Waals surface area contributed by atoms with E-state index >= 15 is 0 Å². The minimum Gasteiger partial charge on any atom is -0.440 e. The van der Waals surface area contributed by atoms with Gasteiger partial charge in [0.15, 0.2) is 5.82 Å². The summed E-state index contributed by atoms with van der Waals surface area (Å²) >= 11 is 3.19. The number of thiophene rings is 2. The van der Waals surface area contributed by atoms with Crippen molar-refractivity contribution < 1.29 is 4.42 Å². The quantitative estimate of drug-likeness (QED) is 0.549. The minimum atomic E-state index is -0.0470. The van der Waals surface area contributed by atoms with Gasteiger partial charge in [0.05, 0.1) is 26.7 Å². The Morgan fingerprint density at radius 2 is 1.96 bits per heavy atom. The third-order valence-corrected chi connectivity index (χ3v) is 6.63. The first kappa shape index (κ1) is 17.5. The van der Waals surface area contributed by atoms with Crippen molar-refractivity contribution in [2.75, 3.05) is 6.54 Å². The maximum absolute atomic E-state index is 12.7. The van der Waals surface area contributed by atoms with Crippen LogP contribution in [0.1, 0.15) is 22.7 Å². The van der Waals surface area contributed by atoms with Gasteiger partial charge in [-0.1, -0.05) is 12.1 Å². The highest BCUT2D eigenvalue weighted by atomic mass is 32.1. The molecule has 4 aromatic rings. The molecule has 0 spiro atoms. The highest BCUT2D eigenvalue weighted by molar-refractivity contribution is 7.13. The van der Waals surface area contributed by atoms with Gasteiger partial charge in [-0.3, -0.25) is 9.69 Å². The fourth-order valence-electron chi connectivity index (χ4n) is 3.44. The van der Waals surface area contributed by atoms with Crippen molar-refractivity contribution in [1.29, 1.82) is 0 Å². The van der Waals surface area contributed by atoms with Gasteiger partial charge in [-0.2, -0.15) is 0 Å². The second-order valence-corrected chi connectivity index (χ2v) is 8.67. The van der Waals surface area contributed by atoms with Crippen molar-refractivity contribution in [3.8, 4) is 21.5 Å². The molecule has 5 rings (SSSR count). The Bertz CT molecular complexity index is 1160. The monoisotopic (exact) mass is 410 g/mol. The highest BCUT2D eigenvalue weighted by Crippen LogP contribution is 2.27.